The fourth-order valence-electron chi connectivity index (χ4n) is 4.69. The van der Waals surface area contributed by atoms with Crippen LogP contribution in [-0.2, 0) is 0 Å². The summed E-state index contributed by atoms with van der Waals surface area (Å²) in [6, 6.07) is 9.79. The van der Waals surface area contributed by atoms with Crippen LogP contribution in [0.25, 0.3) is 22.5 Å². The first-order chi connectivity index (χ1) is 15.1. The summed E-state index contributed by atoms with van der Waals surface area (Å²) in [5, 5.41) is 19.6. The molecule has 2 bridgehead atoms. The van der Waals surface area contributed by atoms with Crippen molar-refractivity contribution in [1.82, 2.24) is 30.7 Å². The molecule has 8 nitrogen and oxygen atoms in total. The summed E-state index contributed by atoms with van der Waals surface area (Å²) in [4.78, 5) is 7.03. The number of ether oxygens (including phenoxy) is 1. The average Bonchev–Trinajstić information content (AvgIpc) is 3.42. The van der Waals surface area contributed by atoms with Gasteiger partial charge in [0.2, 0.25) is 5.88 Å². The lowest BCUT2D eigenvalue weighted by atomic mass is 9.98. The second-order valence-corrected chi connectivity index (χ2v) is 8.85. The third-order valence-corrected chi connectivity index (χ3v) is 6.29. The molecule has 0 radical (unpaired) electrons. The maximum atomic E-state index is 5.98. The molecule has 0 unspecified atom stereocenters. The number of H-pyrrole nitrogens is 1. The maximum Gasteiger partial charge on any atom is 0.222 e. The highest BCUT2D eigenvalue weighted by Gasteiger charge is 2.35. The van der Waals surface area contributed by atoms with E-state index in [4.69, 9.17) is 9.72 Å². The number of rotatable bonds is 6. The fourth-order valence-corrected chi connectivity index (χ4v) is 4.69. The molecule has 8 heteroatoms. The Labute approximate surface area is 182 Å². The first kappa shape index (κ1) is 19.9. The van der Waals surface area contributed by atoms with Crippen LogP contribution in [0.15, 0.2) is 36.7 Å². The van der Waals surface area contributed by atoms with Gasteiger partial charge in [0.15, 0.2) is 5.82 Å². The lowest BCUT2D eigenvalue weighted by Gasteiger charge is -2.36. The smallest absolute Gasteiger partial charge is 0.222 e. The lowest BCUT2D eigenvalue weighted by Crippen LogP contribution is -2.47. The van der Waals surface area contributed by atoms with Gasteiger partial charge in [0.1, 0.15) is 5.69 Å². The molecular formula is C23H29N7O. The monoisotopic (exact) mass is 419 g/mol. The molecule has 2 saturated heterocycles. The van der Waals surface area contributed by atoms with Gasteiger partial charge in [-0.15, -0.1) is 10.2 Å². The minimum absolute atomic E-state index is 0.00999. The van der Waals surface area contributed by atoms with Crippen molar-refractivity contribution in [2.75, 3.05) is 11.9 Å². The number of hydrogen-bond acceptors (Lipinski definition) is 7. The van der Waals surface area contributed by atoms with Crippen molar-refractivity contribution in [1.29, 1.82) is 0 Å². The van der Waals surface area contributed by atoms with E-state index < -0.39 is 0 Å². The number of aromatic amines is 1. The second-order valence-electron chi connectivity index (χ2n) is 8.85. The predicted molar refractivity (Wildman–Crippen MR) is 120 cm³/mol. The topological polar surface area (TPSA) is 91.8 Å². The number of aromatic nitrogens is 5. The van der Waals surface area contributed by atoms with E-state index in [1.807, 2.05) is 44.3 Å². The summed E-state index contributed by atoms with van der Waals surface area (Å²) < 4.78 is 5.98. The number of nitrogens with zero attached hydrogens (tertiary/aromatic N) is 5. The van der Waals surface area contributed by atoms with Gasteiger partial charge in [-0.2, -0.15) is 5.10 Å². The molecule has 0 saturated carbocycles. The molecule has 2 fully saturated rings. The van der Waals surface area contributed by atoms with Crippen molar-refractivity contribution in [2.24, 2.45) is 0 Å². The van der Waals surface area contributed by atoms with Crippen molar-refractivity contribution in [3.05, 3.63) is 36.7 Å². The predicted octanol–water partition coefficient (Wildman–Crippen LogP) is 3.44. The van der Waals surface area contributed by atoms with Crippen molar-refractivity contribution >= 4 is 5.82 Å². The van der Waals surface area contributed by atoms with E-state index in [1.165, 1.54) is 25.7 Å². The summed E-state index contributed by atoms with van der Waals surface area (Å²) in [5.74, 6) is 1.48. The minimum Gasteiger partial charge on any atom is -0.474 e. The van der Waals surface area contributed by atoms with Gasteiger partial charge in [0, 0.05) is 42.5 Å². The molecule has 2 aliphatic heterocycles. The van der Waals surface area contributed by atoms with Crippen molar-refractivity contribution in [3.63, 3.8) is 0 Å². The number of pyridine rings is 1. The van der Waals surface area contributed by atoms with Gasteiger partial charge in [-0.1, -0.05) is 0 Å². The summed E-state index contributed by atoms with van der Waals surface area (Å²) in [6.45, 7) is 3.98. The Morgan fingerprint density at radius 3 is 2.45 bits per heavy atom. The molecule has 3 atom stereocenters. The first-order valence-electron chi connectivity index (χ1n) is 11.1. The summed E-state index contributed by atoms with van der Waals surface area (Å²) >= 11 is 0. The molecule has 0 aliphatic carbocycles. The standard InChI is InChI=1S/C23H29N7O/c1-14(2)31-23-19(15-12-24-25-13-15)6-7-20(27-23)21-8-9-22(29-28-21)30(3)18-10-16-4-5-17(11-18)26-16/h6-9,12-14,16-18,26H,4-5,10-11H2,1-3H3,(H,24,25)/t16-,17+,18+. The SMILES string of the molecule is CC(C)Oc1nc(-c2ccc(N(C)[C@H]3C[C@H]4CC[C@@H](C3)N4)nn2)ccc1-c1cn[nH]c1. The van der Waals surface area contributed by atoms with E-state index in [9.17, 15) is 0 Å². The van der Waals surface area contributed by atoms with Crippen LogP contribution in [0.4, 0.5) is 5.82 Å². The molecule has 162 valence electrons. The average molecular weight is 420 g/mol. The van der Waals surface area contributed by atoms with Gasteiger partial charge < -0.3 is 15.0 Å². The van der Waals surface area contributed by atoms with Crippen LogP contribution in [0, 0.1) is 0 Å². The molecule has 5 rings (SSSR count). The van der Waals surface area contributed by atoms with Crippen LogP contribution < -0.4 is 15.0 Å². The number of piperidine rings is 1. The van der Waals surface area contributed by atoms with Crippen LogP contribution in [0.3, 0.4) is 0 Å². The van der Waals surface area contributed by atoms with Crippen LogP contribution in [0.1, 0.15) is 39.5 Å². The van der Waals surface area contributed by atoms with E-state index in [-0.39, 0.29) is 6.10 Å². The quantitative estimate of drug-likeness (QED) is 0.632. The molecule has 3 aromatic rings. The lowest BCUT2D eigenvalue weighted by molar-refractivity contribution is 0.234. The van der Waals surface area contributed by atoms with E-state index in [0.29, 0.717) is 24.0 Å². The first-order valence-corrected chi connectivity index (χ1v) is 11.1. The van der Waals surface area contributed by atoms with Gasteiger partial charge >= 0.3 is 0 Å². The maximum absolute atomic E-state index is 5.98. The van der Waals surface area contributed by atoms with E-state index >= 15 is 0 Å². The molecule has 31 heavy (non-hydrogen) atoms. The molecule has 2 aliphatic rings. The zero-order chi connectivity index (χ0) is 21.4. The van der Waals surface area contributed by atoms with Crippen molar-refractivity contribution < 1.29 is 4.74 Å². The van der Waals surface area contributed by atoms with E-state index in [0.717, 1.165) is 28.3 Å². The molecule has 0 spiro atoms. The summed E-state index contributed by atoms with van der Waals surface area (Å²) in [6.07, 6.45) is 8.53. The Hall–Kier alpha value is -3.00. The fraction of sp³-hybridized carbons (Fsp3) is 0.478. The Bertz CT molecular complexity index is 1010. The highest BCUT2D eigenvalue weighted by molar-refractivity contribution is 5.70. The van der Waals surface area contributed by atoms with Gasteiger partial charge in [-0.05, 0) is 63.8 Å². The Balaban J connectivity index is 1.38. The van der Waals surface area contributed by atoms with Crippen LogP contribution in [-0.4, -0.2) is 56.7 Å². The number of nitrogens with one attached hydrogen (secondary N) is 2. The normalized spacial score (nSPS) is 22.6. The molecule has 3 aromatic heterocycles. The summed E-state index contributed by atoms with van der Waals surface area (Å²) in [5.41, 5.74) is 3.31. The largest absolute Gasteiger partial charge is 0.474 e. The van der Waals surface area contributed by atoms with Crippen molar-refractivity contribution in [3.8, 4) is 28.4 Å². The highest BCUT2D eigenvalue weighted by Crippen LogP contribution is 2.33. The zero-order valence-corrected chi connectivity index (χ0v) is 18.2. The van der Waals surface area contributed by atoms with Gasteiger partial charge in [-0.3, -0.25) is 5.10 Å². The van der Waals surface area contributed by atoms with Gasteiger partial charge in [0.05, 0.1) is 18.0 Å². The number of hydrogen-bond donors (Lipinski definition) is 2. The summed E-state index contributed by atoms with van der Waals surface area (Å²) in [7, 11) is 2.13. The van der Waals surface area contributed by atoms with Crippen molar-refractivity contribution in [2.45, 2.75) is 63.8 Å². The highest BCUT2D eigenvalue weighted by atomic mass is 16.5. The van der Waals surface area contributed by atoms with Crippen LogP contribution in [0.2, 0.25) is 0 Å². The molecular weight excluding hydrogens is 390 g/mol. The van der Waals surface area contributed by atoms with Gasteiger partial charge in [0.25, 0.3) is 0 Å². The number of anilines is 1. The second kappa shape index (κ2) is 8.26. The Kier molecular flexibility index (Phi) is 5.31. The molecule has 5 heterocycles. The van der Waals surface area contributed by atoms with Crippen LogP contribution in [0.5, 0.6) is 5.88 Å². The molecule has 0 amide bonds. The molecule has 0 aromatic carbocycles. The number of fused-ring (bicyclic) bond motifs is 2. The van der Waals surface area contributed by atoms with E-state index in [1.54, 1.807) is 6.20 Å². The minimum atomic E-state index is 0.00999. The van der Waals surface area contributed by atoms with Gasteiger partial charge in [-0.25, -0.2) is 4.98 Å². The Morgan fingerprint density at radius 1 is 1.03 bits per heavy atom. The third-order valence-electron chi connectivity index (χ3n) is 6.29. The Morgan fingerprint density at radius 2 is 1.81 bits per heavy atom. The van der Waals surface area contributed by atoms with Crippen LogP contribution >= 0.6 is 0 Å². The van der Waals surface area contributed by atoms with E-state index in [2.05, 4.69) is 37.7 Å². The molecule has 2 N–H and O–H groups in total. The third kappa shape index (κ3) is 4.12. The zero-order valence-electron chi connectivity index (χ0n) is 18.2.